The molecular formula is C18H30N4O2. The fourth-order valence-corrected chi connectivity index (χ4v) is 3.98. The normalized spacial score (nSPS) is 37.0. The Morgan fingerprint density at radius 3 is 1.50 bits per heavy atom. The lowest BCUT2D eigenvalue weighted by Gasteiger charge is -2.33. The molecule has 2 fully saturated rings. The van der Waals surface area contributed by atoms with E-state index in [1.54, 1.807) is 6.33 Å². The van der Waals surface area contributed by atoms with E-state index in [4.69, 9.17) is 9.47 Å². The average molecular weight is 334 g/mol. The quantitative estimate of drug-likeness (QED) is 0.881. The molecule has 0 spiro atoms. The number of rotatable bonds is 4. The fourth-order valence-electron chi connectivity index (χ4n) is 3.98. The lowest BCUT2D eigenvalue weighted by Crippen LogP contribution is -2.37. The second-order valence-corrected chi connectivity index (χ2v) is 7.43. The molecule has 2 aliphatic heterocycles. The van der Waals surface area contributed by atoms with Gasteiger partial charge in [-0.25, -0.2) is 9.97 Å². The maximum atomic E-state index is 5.80. The second-order valence-electron chi connectivity index (χ2n) is 7.43. The summed E-state index contributed by atoms with van der Waals surface area (Å²) in [6.45, 7) is 8.52. The topological polar surface area (TPSA) is 68.3 Å². The minimum Gasteiger partial charge on any atom is -0.375 e. The van der Waals surface area contributed by atoms with Crippen molar-refractivity contribution in [1.82, 2.24) is 9.97 Å². The molecule has 0 bridgehead atoms. The molecule has 0 aromatic carbocycles. The van der Waals surface area contributed by atoms with Crippen molar-refractivity contribution >= 4 is 11.6 Å². The molecule has 134 valence electrons. The van der Waals surface area contributed by atoms with Crippen LogP contribution in [0.2, 0.25) is 0 Å². The summed E-state index contributed by atoms with van der Waals surface area (Å²) < 4.78 is 11.6. The van der Waals surface area contributed by atoms with Gasteiger partial charge in [0.25, 0.3) is 0 Å². The minimum absolute atomic E-state index is 0.288. The van der Waals surface area contributed by atoms with Gasteiger partial charge in [0, 0.05) is 18.2 Å². The summed E-state index contributed by atoms with van der Waals surface area (Å²) in [4.78, 5) is 8.76. The minimum atomic E-state index is 0.288. The maximum Gasteiger partial charge on any atom is 0.131 e. The van der Waals surface area contributed by atoms with Crippen LogP contribution in [0, 0.1) is 0 Å². The molecule has 0 amide bonds. The first-order valence-corrected chi connectivity index (χ1v) is 9.14. The van der Waals surface area contributed by atoms with E-state index in [2.05, 4.69) is 48.3 Å². The van der Waals surface area contributed by atoms with Crippen molar-refractivity contribution < 1.29 is 9.47 Å². The predicted octanol–water partition coefficient (Wildman–Crippen LogP) is 3.21. The summed E-state index contributed by atoms with van der Waals surface area (Å²) in [5.41, 5.74) is 0. The summed E-state index contributed by atoms with van der Waals surface area (Å²) in [5.74, 6) is 1.76. The predicted molar refractivity (Wildman–Crippen MR) is 95.3 cm³/mol. The van der Waals surface area contributed by atoms with Gasteiger partial charge < -0.3 is 20.1 Å². The van der Waals surface area contributed by atoms with Gasteiger partial charge in [-0.1, -0.05) is 0 Å². The van der Waals surface area contributed by atoms with Gasteiger partial charge in [-0.3, -0.25) is 0 Å². The van der Waals surface area contributed by atoms with E-state index in [0.29, 0.717) is 12.1 Å². The molecule has 5 atom stereocenters. The van der Waals surface area contributed by atoms with E-state index in [1.807, 2.05) is 6.07 Å². The SMILES string of the molecule is C[C@@H]1CC(Nc2cc(NC3C[C@H](C)O[C@@H](C)C3)ncn2)C[C@H](C)O1. The van der Waals surface area contributed by atoms with Gasteiger partial charge in [0.2, 0.25) is 0 Å². The Morgan fingerprint density at radius 2 is 1.12 bits per heavy atom. The van der Waals surface area contributed by atoms with E-state index in [-0.39, 0.29) is 24.4 Å². The van der Waals surface area contributed by atoms with Crippen LogP contribution in [0.25, 0.3) is 0 Å². The Morgan fingerprint density at radius 1 is 0.750 bits per heavy atom. The third kappa shape index (κ3) is 4.80. The Balaban J connectivity index is 1.59. The molecule has 6 heteroatoms. The number of nitrogens with one attached hydrogen (secondary N) is 2. The van der Waals surface area contributed by atoms with Crippen LogP contribution >= 0.6 is 0 Å². The summed E-state index contributed by atoms with van der Waals surface area (Å²) in [6.07, 6.45) is 6.80. The van der Waals surface area contributed by atoms with Crippen LogP contribution in [0.5, 0.6) is 0 Å². The number of anilines is 2. The number of nitrogens with zero attached hydrogens (tertiary/aromatic N) is 2. The van der Waals surface area contributed by atoms with Gasteiger partial charge in [-0.2, -0.15) is 0 Å². The number of hydrogen-bond donors (Lipinski definition) is 2. The molecule has 2 N–H and O–H groups in total. The van der Waals surface area contributed by atoms with Crippen molar-refractivity contribution in [3.8, 4) is 0 Å². The molecule has 1 aromatic rings. The molecule has 0 aliphatic carbocycles. The molecule has 0 radical (unpaired) electrons. The highest BCUT2D eigenvalue weighted by molar-refractivity contribution is 5.47. The van der Waals surface area contributed by atoms with Crippen LogP contribution in [-0.2, 0) is 9.47 Å². The standard InChI is InChI=1S/C18H30N4O2/c1-11-5-15(6-12(2)23-11)21-17-9-18(20-10-19-17)22-16-7-13(3)24-14(4)8-16/h9-16H,5-8H2,1-4H3,(H2,19,20,21,22)/t11-,12-,13-,14+,16?/m0/s1. The maximum absolute atomic E-state index is 5.80. The first kappa shape index (κ1) is 17.4. The fraction of sp³-hybridized carbons (Fsp3) is 0.778. The molecule has 2 saturated heterocycles. The van der Waals surface area contributed by atoms with E-state index in [9.17, 15) is 0 Å². The van der Waals surface area contributed by atoms with Crippen LogP contribution in [0.1, 0.15) is 53.4 Å². The van der Waals surface area contributed by atoms with Crippen LogP contribution in [0.4, 0.5) is 11.6 Å². The van der Waals surface area contributed by atoms with Gasteiger partial charge in [0.1, 0.15) is 18.0 Å². The Labute approximate surface area is 144 Å². The Kier molecular flexibility index (Phi) is 5.56. The Bertz CT molecular complexity index is 478. The Hall–Kier alpha value is -1.40. The van der Waals surface area contributed by atoms with Crippen molar-refractivity contribution in [2.75, 3.05) is 10.6 Å². The second kappa shape index (κ2) is 7.66. The highest BCUT2D eigenvalue weighted by atomic mass is 16.5. The summed E-state index contributed by atoms with van der Waals surface area (Å²) >= 11 is 0. The molecule has 6 nitrogen and oxygen atoms in total. The summed E-state index contributed by atoms with van der Waals surface area (Å²) in [6, 6.07) is 2.81. The van der Waals surface area contributed by atoms with E-state index >= 15 is 0 Å². The zero-order chi connectivity index (χ0) is 17.1. The largest absolute Gasteiger partial charge is 0.375 e. The zero-order valence-electron chi connectivity index (χ0n) is 15.2. The van der Waals surface area contributed by atoms with Gasteiger partial charge in [-0.15, -0.1) is 0 Å². The van der Waals surface area contributed by atoms with Crippen LogP contribution in [0.15, 0.2) is 12.4 Å². The highest BCUT2D eigenvalue weighted by Gasteiger charge is 2.26. The number of ether oxygens (including phenoxy) is 2. The molecule has 24 heavy (non-hydrogen) atoms. The number of aromatic nitrogens is 2. The first-order chi connectivity index (χ1) is 11.5. The molecule has 1 unspecified atom stereocenters. The van der Waals surface area contributed by atoms with E-state index in [0.717, 1.165) is 37.3 Å². The lowest BCUT2D eigenvalue weighted by molar-refractivity contribution is -0.0340. The van der Waals surface area contributed by atoms with Gasteiger partial charge in [-0.05, 0) is 53.4 Å². The third-order valence-corrected chi connectivity index (χ3v) is 4.77. The molecule has 3 rings (SSSR count). The smallest absolute Gasteiger partial charge is 0.131 e. The van der Waals surface area contributed by atoms with Gasteiger partial charge in [0.15, 0.2) is 0 Å². The van der Waals surface area contributed by atoms with Crippen LogP contribution in [-0.4, -0.2) is 46.5 Å². The first-order valence-electron chi connectivity index (χ1n) is 9.14. The molecule has 0 saturated carbocycles. The van der Waals surface area contributed by atoms with Gasteiger partial charge in [0.05, 0.1) is 24.4 Å². The van der Waals surface area contributed by atoms with Crippen LogP contribution in [0.3, 0.4) is 0 Å². The van der Waals surface area contributed by atoms with Crippen LogP contribution < -0.4 is 10.6 Å². The monoisotopic (exact) mass is 334 g/mol. The third-order valence-electron chi connectivity index (χ3n) is 4.77. The van der Waals surface area contributed by atoms with Gasteiger partial charge >= 0.3 is 0 Å². The van der Waals surface area contributed by atoms with Crippen molar-refractivity contribution in [2.45, 2.75) is 89.9 Å². The number of hydrogen-bond acceptors (Lipinski definition) is 6. The molecule has 1 aromatic heterocycles. The zero-order valence-corrected chi connectivity index (χ0v) is 15.2. The van der Waals surface area contributed by atoms with Crippen molar-refractivity contribution in [2.24, 2.45) is 0 Å². The summed E-state index contributed by atoms with van der Waals surface area (Å²) in [5, 5.41) is 7.08. The average Bonchev–Trinajstić information content (AvgIpc) is 2.45. The highest BCUT2D eigenvalue weighted by Crippen LogP contribution is 2.24. The molecule has 2 aliphatic rings. The lowest BCUT2D eigenvalue weighted by atomic mass is 9.99. The molecular weight excluding hydrogens is 304 g/mol. The van der Waals surface area contributed by atoms with Crippen molar-refractivity contribution in [1.29, 1.82) is 0 Å². The molecule has 3 heterocycles. The van der Waals surface area contributed by atoms with Crippen molar-refractivity contribution in [3.63, 3.8) is 0 Å². The van der Waals surface area contributed by atoms with E-state index < -0.39 is 0 Å². The summed E-state index contributed by atoms with van der Waals surface area (Å²) in [7, 11) is 0. The van der Waals surface area contributed by atoms with E-state index in [1.165, 1.54) is 0 Å². The van der Waals surface area contributed by atoms with Crippen molar-refractivity contribution in [3.05, 3.63) is 12.4 Å².